The molecule has 6 nitrogen and oxygen atoms in total. The number of para-hydroxylation sites is 1. The zero-order valence-electron chi connectivity index (χ0n) is 10.7. The molecular formula is C13H13N3O3S. The van der Waals surface area contributed by atoms with Crippen molar-refractivity contribution in [1.29, 1.82) is 0 Å². The average Bonchev–Trinajstić information content (AvgIpc) is 2.48. The predicted molar refractivity (Wildman–Crippen MR) is 77.9 cm³/mol. The second-order valence-electron chi connectivity index (χ2n) is 3.93. The molecule has 1 unspecified atom stereocenters. The van der Waals surface area contributed by atoms with Gasteiger partial charge in [0, 0.05) is 24.9 Å². The molecule has 2 aromatic rings. The lowest BCUT2D eigenvalue weighted by molar-refractivity contribution is -0.384. The van der Waals surface area contributed by atoms with Gasteiger partial charge in [0.05, 0.1) is 9.82 Å². The first-order valence-electron chi connectivity index (χ1n) is 5.78. The average molecular weight is 291 g/mol. The number of hydrogen-bond acceptors (Lipinski definition) is 4. The summed E-state index contributed by atoms with van der Waals surface area (Å²) >= 11 is 0. The van der Waals surface area contributed by atoms with Crippen molar-refractivity contribution in [1.82, 2.24) is 0 Å². The standard InChI is InChI=1S/C13H13N3O3S/c1-14-20(19,15-11-5-3-2-4-6-11)13-9-7-12(8-10-13)16(17)18/h2-10H,1H3,(H,14,15,19). The van der Waals surface area contributed by atoms with E-state index in [1.165, 1.54) is 31.3 Å². The molecule has 1 N–H and O–H groups in total. The van der Waals surface area contributed by atoms with E-state index in [1.54, 1.807) is 12.1 Å². The third kappa shape index (κ3) is 2.94. The Labute approximate surface area is 116 Å². The van der Waals surface area contributed by atoms with Crippen molar-refractivity contribution in [2.45, 2.75) is 4.90 Å². The number of benzene rings is 2. The number of rotatable bonds is 4. The Bertz CT molecular complexity index is 720. The van der Waals surface area contributed by atoms with Crippen molar-refractivity contribution in [3.05, 3.63) is 64.7 Å². The van der Waals surface area contributed by atoms with Gasteiger partial charge in [-0.25, -0.2) is 8.57 Å². The van der Waals surface area contributed by atoms with E-state index in [0.29, 0.717) is 10.6 Å². The molecule has 0 radical (unpaired) electrons. The summed E-state index contributed by atoms with van der Waals surface area (Å²) in [4.78, 5) is 10.5. The van der Waals surface area contributed by atoms with E-state index in [9.17, 15) is 14.3 Å². The molecule has 0 heterocycles. The summed E-state index contributed by atoms with van der Waals surface area (Å²) in [5, 5.41) is 10.6. The molecule has 1 atom stereocenters. The highest BCUT2D eigenvalue weighted by atomic mass is 32.2. The maximum absolute atomic E-state index is 12.8. The highest BCUT2D eigenvalue weighted by Gasteiger charge is 2.13. The third-order valence-corrected chi connectivity index (χ3v) is 4.59. The highest BCUT2D eigenvalue weighted by Crippen LogP contribution is 2.20. The summed E-state index contributed by atoms with van der Waals surface area (Å²) in [5.74, 6) is 0. The summed E-state index contributed by atoms with van der Waals surface area (Å²) in [6.07, 6.45) is 0. The van der Waals surface area contributed by atoms with E-state index in [1.807, 2.05) is 18.2 Å². The maximum Gasteiger partial charge on any atom is 0.269 e. The predicted octanol–water partition coefficient (Wildman–Crippen LogP) is 3.08. The summed E-state index contributed by atoms with van der Waals surface area (Å²) in [6.45, 7) is 0. The van der Waals surface area contributed by atoms with Crippen LogP contribution >= 0.6 is 0 Å². The molecule has 0 bridgehead atoms. The Kier molecular flexibility index (Phi) is 3.99. The smallest absolute Gasteiger partial charge is 0.269 e. The van der Waals surface area contributed by atoms with Gasteiger partial charge in [-0.15, -0.1) is 0 Å². The minimum absolute atomic E-state index is 0.0497. The largest absolute Gasteiger partial charge is 0.295 e. The lowest BCUT2D eigenvalue weighted by Crippen LogP contribution is -2.12. The van der Waals surface area contributed by atoms with Crippen molar-refractivity contribution in [3.8, 4) is 0 Å². The van der Waals surface area contributed by atoms with Gasteiger partial charge < -0.3 is 0 Å². The molecular weight excluding hydrogens is 278 g/mol. The Morgan fingerprint density at radius 1 is 1.10 bits per heavy atom. The monoisotopic (exact) mass is 291 g/mol. The minimum Gasteiger partial charge on any atom is -0.295 e. The van der Waals surface area contributed by atoms with Crippen LogP contribution in [0.3, 0.4) is 0 Å². The molecule has 0 amide bonds. The Balaban J connectivity index is 2.36. The van der Waals surface area contributed by atoms with Crippen LogP contribution in [-0.2, 0) is 9.92 Å². The van der Waals surface area contributed by atoms with Crippen LogP contribution in [0.1, 0.15) is 0 Å². The molecule has 0 aliphatic heterocycles. The fourth-order valence-corrected chi connectivity index (χ4v) is 3.01. The minimum atomic E-state index is -2.85. The number of hydrogen-bond donors (Lipinski definition) is 1. The number of nitrogens with zero attached hydrogens (tertiary/aromatic N) is 2. The zero-order chi connectivity index (χ0) is 14.6. The Morgan fingerprint density at radius 3 is 2.20 bits per heavy atom. The second-order valence-corrected chi connectivity index (χ2v) is 6.02. The van der Waals surface area contributed by atoms with Crippen LogP contribution in [0, 0.1) is 10.1 Å². The summed E-state index contributed by atoms with van der Waals surface area (Å²) < 4.78 is 19.5. The molecule has 0 saturated heterocycles. The molecule has 7 heteroatoms. The molecule has 0 fully saturated rings. The van der Waals surface area contributed by atoms with Gasteiger partial charge in [-0.2, -0.15) is 0 Å². The lowest BCUT2D eigenvalue weighted by atomic mass is 10.3. The lowest BCUT2D eigenvalue weighted by Gasteiger charge is -2.12. The van der Waals surface area contributed by atoms with Crippen LogP contribution in [-0.4, -0.2) is 16.2 Å². The van der Waals surface area contributed by atoms with Gasteiger partial charge >= 0.3 is 0 Å². The quantitative estimate of drug-likeness (QED) is 0.694. The van der Waals surface area contributed by atoms with E-state index in [0.717, 1.165) is 0 Å². The molecule has 0 aliphatic carbocycles. The first kappa shape index (κ1) is 14.0. The van der Waals surface area contributed by atoms with E-state index in [4.69, 9.17) is 0 Å². The fraction of sp³-hybridized carbons (Fsp3) is 0.0769. The fourth-order valence-electron chi connectivity index (χ4n) is 1.63. The zero-order valence-corrected chi connectivity index (χ0v) is 11.5. The molecule has 0 aliphatic rings. The molecule has 2 aromatic carbocycles. The van der Waals surface area contributed by atoms with Gasteiger partial charge in [0.2, 0.25) is 0 Å². The van der Waals surface area contributed by atoms with Crippen molar-refractivity contribution >= 4 is 21.3 Å². The van der Waals surface area contributed by atoms with Gasteiger partial charge in [-0.1, -0.05) is 18.2 Å². The van der Waals surface area contributed by atoms with Crippen molar-refractivity contribution in [2.75, 3.05) is 11.8 Å². The summed E-state index contributed by atoms with van der Waals surface area (Å²) in [7, 11) is -1.40. The first-order chi connectivity index (χ1) is 9.55. The van der Waals surface area contributed by atoms with Crippen LogP contribution in [0.2, 0.25) is 0 Å². The van der Waals surface area contributed by atoms with E-state index >= 15 is 0 Å². The van der Waals surface area contributed by atoms with Gasteiger partial charge in [-0.3, -0.25) is 14.8 Å². The first-order valence-corrected chi connectivity index (χ1v) is 7.29. The number of anilines is 1. The van der Waals surface area contributed by atoms with Crippen LogP contribution in [0.5, 0.6) is 0 Å². The van der Waals surface area contributed by atoms with Crippen molar-refractivity contribution in [3.63, 3.8) is 0 Å². The van der Waals surface area contributed by atoms with Gasteiger partial charge in [0.1, 0.15) is 0 Å². The topological polar surface area (TPSA) is 84.6 Å². The molecule has 20 heavy (non-hydrogen) atoms. The van der Waals surface area contributed by atoms with Crippen molar-refractivity contribution in [2.24, 2.45) is 4.36 Å². The van der Waals surface area contributed by atoms with E-state index in [2.05, 4.69) is 9.08 Å². The third-order valence-electron chi connectivity index (χ3n) is 2.65. The highest BCUT2D eigenvalue weighted by molar-refractivity contribution is 7.95. The van der Waals surface area contributed by atoms with Gasteiger partial charge in [0.25, 0.3) is 5.69 Å². The van der Waals surface area contributed by atoms with E-state index < -0.39 is 14.8 Å². The molecule has 0 saturated carbocycles. The molecule has 2 rings (SSSR count). The van der Waals surface area contributed by atoms with Crippen LogP contribution < -0.4 is 4.72 Å². The Morgan fingerprint density at radius 2 is 1.70 bits per heavy atom. The normalized spacial score (nSPS) is 13.2. The molecule has 0 spiro atoms. The number of nitrogens with one attached hydrogen (secondary N) is 1. The van der Waals surface area contributed by atoms with Gasteiger partial charge in [0.15, 0.2) is 9.92 Å². The van der Waals surface area contributed by atoms with Crippen LogP contribution in [0.25, 0.3) is 0 Å². The SMILES string of the molecule is CN=S(=O)(Nc1ccccc1)c1ccc([N+](=O)[O-])cc1. The summed E-state index contributed by atoms with van der Waals surface area (Å²) in [6, 6.07) is 14.5. The molecule has 0 aromatic heterocycles. The molecule has 104 valence electrons. The number of nitro benzene ring substituents is 1. The van der Waals surface area contributed by atoms with E-state index in [-0.39, 0.29) is 5.69 Å². The Hall–Kier alpha value is -2.41. The van der Waals surface area contributed by atoms with Crippen LogP contribution in [0.15, 0.2) is 63.9 Å². The number of non-ortho nitro benzene ring substituents is 1. The summed E-state index contributed by atoms with van der Waals surface area (Å²) in [5.41, 5.74) is 0.618. The van der Waals surface area contributed by atoms with Crippen LogP contribution in [0.4, 0.5) is 11.4 Å². The maximum atomic E-state index is 12.8. The van der Waals surface area contributed by atoms with Gasteiger partial charge in [-0.05, 0) is 24.3 Å². The number of nitro groups is 1. The second kappa shape index (κ2) is 5.70. The van der Waals surface area contributed by atoms with Crippen molar-refractivity contribution < 1.29 is 9.13 Å².